The lowest BCUT2D eigenvalue weighted by atomic mass is 10.0. The first kappa shape index (κ1) is 12.2. The summed E-state index contributed by atoms with van der Waals surface area (Å²) in [6, 6.07) is 0. The molecule has 16 heavy (non-hydrogen) atoms. The quantitative estimate of drug-likeness (QED) is 0.824. The van der Waals surface area contributed by atoms with Gasteiger partial charge in [-0.05, 0) is 26.7 Å². The number of hydrogen-bond acceptors (Lipinski definition) is 3. The van der Waals surface area contributed by atoms with Crippen molar-refractivity contribution in [2.75, 3.05) is 18.9 Å². The summed E-state index contributed by atoms with van der Waals surface area (Å²) in [6.45, 7) is 8.47. The number of hydrogen-bond donors (Lipinski definition) is 1. The summed E-state index contributed by atoms with van der Waals surface area (Å²) in [5.74, 6) is 1.75. The van der Waals surface area contributed by atoms with Crippen molar-refractivity contribution in [1.29, 1.82) is 0 Å². The minimum atomic E-state index is 0.251. The molecule has 3 nitrogen and oxygen atoms in total. The van der Waals surface area contributed by atoms with Crippen molar-refractivity contribution >= 4 is 16.9 Å². The van der Waals surface area contributed by atoms with E-state index in [0.29, 0.717) is 12.0 Å². The van der Waals surface area contributed by atoms with Gasteiger partial charge in [0.25, 0.3) is 0 Å². The molecule has 2 aliphatic heterocycles. The van der Waals surface area contributed by atoms with Crippen molar-refractivity contribution in [2.45, 2.75) is 45.3 Å². The maximum Gasteiger partial charge on any atom is 0.157 e. The van der Waals surface area contributed by atoms with Gasteiger partial charge in [0.05, 0.1) is 6.10 Å². The van der Waals surface area contributed by atoms with E-state index < -0.39 is 0 Å². The standard InChI is InChI=1S/C12H22N2OS/c1-4-12(3)8-16-11(14-12)13-7-10-5-6-15-9(10)2/h9-10H,4-8H2,1-3H3,(H,13,14). The number of nitrogens with zero attached hydrogens (tertiary/aromatic N) is 1. The van der Waals surface area contributed by atoms with Gasteiger partial charge in [-0.2, -0.15) is 0 Å². The zero-order valence-corrected chi connectivity index (χ0v) is 11.3. The van der Waals surface area contributed by atoms with Crippen molar-refractivity contribution in [3.8, 4) is 0 Å². The average Bonchev–Trinajstić information content (AvgIpc) is 2.84. The van der Waals surface area contributed by atoms with Crippen LogP contribution in [0.1, 0.15) is 33.6 Å². The third kappa shape index (κ3) is 2.72. The van der Waals surface area contributed by atoms with Crippen molar-refractivity contribution in [3.63, 3.8) is 0 Å². The Bertz CT molecular complexity index is 282. The number of thioether (sulfide) groups is 1. The van der Waals surface area contributed by atoms with Crippen LogP contribution in [0, 0.1) is 5.92 Å². The van der Waals surface area contributed by atoms with Crippen LogP contribution in [0.2, 0.25) is 0 Å². The molecule has 1 N–H and O–H groups in total. The zero-order chi connectivity index (χ0) is 11.6. The largest absolute Gasteiger partial charge is 0.378 e. The van der Waals surface area contributed by atoms with Gasteiger partial charge < -0.3 is 10.1 Å². The molecule has 0 radical (unpaired) electrons. The first-order valence-electron chi connectivity index (χ1n) is 6.20. The molecule has 92 valence electrons. The summed E-state index contributed by atoms with van der Waals surface area (Å²) in [5.41, 5.74) is 0.251. The molecule has 0 bridgehead atoms. The van der Waals surface area contributed by atoms with E-state index in [1.54, 1.807) is 0 Å². The third-order valence-corrected chi connectivity index (χ3v) is 5.01. The van der Waals surface area contributed by atoms with E-state index in [0.717, 1.165) is 36.9 Å². The summed E-state index contributed by atoms with van der Waals surface area (Å²) in [6.07, 6.45) is 2.70. The van der Waals surface area contributed by atoms with Crippen molar-refractivity contribution in [3.05, 3.63) is 0 Å². The predicted octanol–water partition coefficient (Wildman–Crippen LogP) is 2.27. The molecule has 2 fully saturated rings. The number of amidine groups is 1. The molecule has 0 saturated carbocycles. The van der Waals surface area contributed by atoms with E-state index in [1.165, 1.54) is 0 Å². The Balaban J connectivity index is 1.85. The highest BCUT2D eigenvalue weighted by Crippen LogP contribution is 2.26. The molecule has 3 atom stereocenters. The van der Waals surface area contributed by atoms with Crippen LogP contribution in [0.25, 0.3) is 0 Å². The molecule has 0 aromatic heterocycles. The summed E-state index contributed by atoms with van der Waals surface area (Å²) in [4.78, 5) is 4.69. The lowest BCUT2D eigenvalue weighted by Crippen LogP contribution is -2.39. The van der Waals surface area contributed by atoms with Crippen LogP contribution in [0.5, 0.6) is 0 Å². The normalized spacial score (nSPS) is 41.6. The summed E-state index contributed by atoms with van der Waals surface area (Å²) in [5, 5.41) is 4.66. The molecule has 4 heteroatoms. The number of aliphatic imine (C=N–C) groups is 1. The van der Waals surface area contributed by atoms with Crippen LogP contribution in [-0.2, 0) is 4.74 Å². The van der Waals surface area contributed by atoms with Crippen LogP contribution >= 0.6 is 11.8 Å². The van der Waals surface area contributed by atoms with Crippen LogP contribution in [-0.4, -0.2) is 35.7 Å². The van der Waals surface area contributed by atoms with Crippen molar-refractivity contribution in [1.82, 2.24) is 5.32 Å². The summed E-state index contributed by atoms with van der Waals surface area (Å²) < 4.78 is 5.55. The van der Waals surface area contributed by atoms with E-state index in [2.05, 4.69) is 31.1 Å². The van der Waals surface area contributed by atoms with Gasteiger partial charge in [-0.25, -0.2) is 0 Å². The Morgan fingerprint density at radius 2 is 2.44 bits per heavy atom. The van der Waals surface area contributed by atoms with Gasteiger partial charge in [-0.1, -0.05) is 18.7 Å². The van der Waals surface area contributed by atoms with Crippen LogP contribution < -0.4 is 5.32 Å². The van der Waals surface area contributed by atoms with Gasteiger partial charge in [0, 0.05) is 30.4 Å². The van der Waals surface area contributed by atoms with Gasteiger partial charge in [0.1, 0.15) is 0 Å². The minimum Gasteiger partial charge on any atom is -0.378 e. The van der Waals surface area contributed by atoms with E-state index in [-0.39, 0.29) is 5.54 Å². The van der Waals surface area contributed by atoms with Crippen LogP contribution in [0.4, 0.5) is 0 Å². The maximum atomic E-state index is 5.55. The van der Waals surface area contributed by atoms with E-state index >= 15 is 0 Å². The van der Waals surface area contributed by atoms with Crippen molar-refractivity contribution < 1.29 is 4.74 Å². The fourth-order valence-corrected chi connectivity index (χ4v) is 3.27. The fraction of sp³-hybridized carbons (Fsp3) is 0.917. The second-order valence-electron chi connectivity index (χ2n) is 5.10. The first-order chi connectivity index (χ1) is 7.63. The highest BCUT2D eigenvalue weighted by atomic mass is 32.2. The first-order valence-corrected chi connectivity index (χ1v) is 7.18. The van der Waals surface area contributed by atoms with E-state index in [9.17, 15) is 0 Å². The molecule has 2 rings (SSSR count). The second-order valence-corrected chi connectivity index (χ2v) is 6.06. The molecule has 2 heterocycles. The van der Waals surface area contributed by atoms with Gasteiger partial charge in [-0.15, -0.1) is 0 Å². The number of rotatable bonds is 3. The number of ether oxygens (including phenoxy) is 1. The fourth-order valence-electron chi connectivity index (χ4n) is 2.05. The summed E-state index contributed by atoms with van der Waals surface area (Å²) in [7, 11) is 0. The molecule has 3 unspecified atom stereocenters. The maximum absolute atomic E-state index is 5.55. The molecule has 0 aliphatic carbocycles. The minimum absolute atomic E-state index is 0.251. The van der Waals surface area contributed by atoms with E-state index in [1.807, 2.05) is 11.8 Å². The lowest BCUT2D eigenvalue weighted by molar-refractivity contribution is 0.107. The van der Waals surface area contributed by atoms with Gasteiger partial charge in [0.15, 0.2) is 5.17 Å². The molecule has 2 aliphatic rings. The Morgan fingerprint density at radius 1 is 1.62 bits per heavy atom. The Hall–Kier alpha value is -0.220. The monoisotopic (exact) mass is 242 g/mol. The zero-order valence-electron chi connectivity index (χ0n) is 10.5. The van der Waals surface area contributed by atoms with Crippen molar-refractivity contribution in [2.24, 2.45) is 10.9 Å². The topological polar surface area (TPSA) is 33.6 Å². The molecular weight excluding hydrogens is 220 g/mol. The predicted molar refractivity (Wildman–Crippen MR) is 70.1 cm³/mol. The van der Waals surface area contributed by atoms with E-state index in [4.69, 9.17) is 4.74 Å². The molecule has 0 amide bonds. The highest BCUT2D eigenvalue weighted by molar-refractivity contribution is 8.14. The second kappa shape index (κ2) is 4.96. The van der Waals surface area contributed by atoms with Gasteiger partial charge in [0.2, 0.25) is 0 Å². The highest BCUT2D eigenvalue weighted by Gasteiger charge is 2.31. The third-order valence-electron chi connectivity index (χ3n) is 3.72. The molecule has 0 aromatic rings. The van der Waals surface area contributed by atoms with Crippen LogP contribution in [0.15, 0.2) is 4.99 Å². The molecule has 0 aromatic carbocycles. The van der Waals surface area contributed by atoms with Crippen LogP contribution in [0.3, 0.4) is 0 Å². The molecular formula is C12H22N2OS. The van der Waals surface area contributed by atoms with Gasteiger partial charge >= 0.3 is 0 Å². The molecule has 2 saturated heterocycles. The summed E-state index contributed by atoms with van der Waals surface area (Å²) >= 11 is 1.86. The smallest absolute Gasteiger partial charge is 0.157 e. The SMILES string of the molecule is CCC1(C)CSC(=NCC2CCOC2C)N1. The van der Waals surface area contributed by atoms with Gasteiger partial charge in [-0.3, -0.25) is 4.99 Å². The average molecular weight is 242 g/mol. The lowest BCUT2D eigenvalue weighted by Gasteiger charge is -2.21. The molecule has 0 spiro atoms. The number of nitrogens with one attached hydrogen (secondary N) is 1. The Labute approximate surface area is 102 Å². The Kier molecular flexibility index (Phi) is 3.80. The Morgan fingerprint density at radius 3 is 3.00 bits per heavy atom.